The van der Waals surface area contributed by atoms with Crippen molar-refractivity contribution in [1.29, 1.82) is 5.26 Å². The van der Waals surface area contributed by atoms with E-state index in [0.717, 1.165) is 15.9 Å². The SMILES string of the molecule is N#Cc1ccc(NCCOc2cccc(N)c2)c(Br)c1. The molecule has 0 bridgehead atoms. The highest BCUT2D eigenvalue weighted by Crippen LogP contribution is 2.23. The smallest absolute Gasteiger partial charge is 0.121 e. The number of nitriles is 1. The summed E-state index contributed by atoms with van der Waals surface area (Å²) in [6, 6.07) is 14.8. The average Bonchev–Trinajstić information content (AvgIpc) is 2.45. The van der Waals surface area contributed by atoms with Crippen LogP contribution in [0, 0.1) is 11.3 Å². The van der Waals surface area contributed by atoms with Gasteiger partial charge in [0.15, 0.2) is 0 Å². The van der Waals surface area contributed by atoms with E-state index >= 15 is 0 Å². The molecule has 0 heterocycles. The molecule has 0 saturated heterocycles. The molecule has 2 rings (SSSR count). The van der Waals surface area contributed by atoms with Crippen LogP contribution in [0.4, 0.5) is 11.4 Å². The summed E-state index contributed by atoms with van der Waals surface area (Å²) in [6.07, 6.45) is 0. The molecule has 0 aliphatic rings. The Kier molecular flexibility index (Phi) is 4.85. The van der Waals surface area contributed by atoms with Gasteiger partial charge in [-0.25, -0.2) is 0 Å². The Labute approximate surface area is 126 Å². The van der Waals surface area contributed by atoms with Crippen LogP contribution in [0.2, 0.25) is 0 Å². The summed E-state index contributed by atoms with van der Waals surface area (Å²) >= 11 is 3.42. The summed E-state index contributed by atoms with van der Waals surface area (Å²) in [7, 11) is 0. The van der Waals surface area contributed by atoms with Crippen LogP contribution in [0.5, 0.6) is 5.75 Å². The molecule has 20 heavy (non-hydrogen) atoms. The molecule has 102 valence electrons. The third-order valence-electron chi connectivity index (χ3n) is 2.64. The second-order valence-corrected chi connectivity index (χ2v) is 5.01. The van der Waals surface area contributed by atoms with Gasteiger partial charge in [0.2, 0.25) is 0 Å². The Morgan fingerprint density at radius 1 is 1.25 bits per heavy atom. The molecular formula is C15H14BrN3O. The molecule has 0 aliphatic carbocycles. The van der Waals surface area contributed by atoms with Crippen molar-refractivity contribution in [2.45, 2.75) is 0 Å². The van der Waals surface area contributed by atoms with Crippen molar-refractivity contribution in [1.82, 2.24) is 0 Å². The van der Waals surface area contributed by atoms with Gasteiger partial charge < -0.3 is 15.8 Å². The first-order valence-electron chi connectivity index (χ1n) is 6.11. The lowest BCUT2D eigenvalue weighted by Gasteiger charge is -2.10. The quantitative estimate of drug-likeness (QED) is 0.650. The van der Waals surface area contributed by atoms with Crippen molar-refractivity contribution in [3.63, 3.8) is 0 Å². The lowest BCUT2D eigenvalue weighted by Crippen LogP contribution is -2.11. The van der Waals surface area contributed by atoms with E-state index in [2.05, 4.69) is 27.3 Å². The number of nitrogens with two attached hydrogens (primary N) is 1. The molecule has 5 heteroatoms. The number of hydrogen-bond acceptors (Lipinski definition) is 4. The lowest BCUT2D eigenvalue weighted by molar-refractivity contribution is 0.333. The summed E-state index contributed by atoms with van der Waals surface area (Å²) in [4.78, 5) is 0. The van der Waals surface area contributed by atoms with Crippen molar-refractivity contribution in [3.8, 4) is 11.8 Å². The predicted octanol–water partition coefficient (Wildman–Crippen LogP) is 3.39. The summed E-state index contributed by atoms with van der Waals surface area (Å²) in [5.74, 6) is 0.755. The van der Waals surface area contributed by atoms with Gasteiger partial charge in [-0.2, -0.15) is 5.26 Å². The molecule has 0 radical (unpaired) electrons. The van der Waals surface area contributed by atoms with E-state index < -0.39 is 0 Å². The number of nitrogen functional groups attached to an aromatic ring is 1. The first-order valence-corrected chi connectivity index (χ1v) is 6.90. The van der Waals surface area contributed by atoms with Crippen LogP contribution in [0.15, 0.2) is 46.9 Å². The molecule has 0 amide bonds. The van der Waals surface area contributed by atoms with Gasteiger partial charge in [-0.3, -0.25) is 0 Å². The summed E-state index contributed by atoms with van der Waals surface area (Å²) in [6.45, 7) is 1.18. The third kappa shape index (κ3) is 3.90. The third-order valence-corrected chi connectivity index (χ3v) is 3.30. The molecule has 0 aromatic heterocycles. The second kappa shape index (κ2) is 6.83. The number of nitrogens with zero attached hydrogens (tertiary/aromatic N) is 1. The number of rotatable bonds is 5. The fourth-order valence-corrected chi connectivity index (χ4v) is 2.21. The molecule has 0 atom stereocenters. The van der Waals surface area contributed by atoms with Gasteiger partial charge in [-0.05, 0) is 46.3 Å². The first-order chi connectivity index (χ1) is 9.69. The van der Waals surface area contributed by atoms with E-state index in [9.17, 15) is 0 Å². The van der Waals surface area contributed by atoms with Gasteiger partial charge in [0.1, 0.15) is 12.4 Å². The van der Waals surface area contributed by atoms with Crippen LogP contribution in [0.1, 0.15) is 5.56 Å². The van der Waals surface area contributed by atoms with Crippen LogP contribution in [-0.4, -0.2) is 13.2 Å². The molecular weight excluding hydrogens is 318 g/mol. The van der Waals surface area contributed by atoms with Crippen LogP contribution in [0.3, 0.4) is 0 Å². The van der Waals surface area contributed by atoms with Crippen molar-refractivity contribution in [2.75, 3.05) is 24.2 Å². The molecule has 4 nitrogen and oxygen atoms in total. The van der Waals surface area contributed by atoms with E-state index in [1.165, 1.54) is 0 Å². The van der Waals surface area contributed by atoms with Gasteiger partial charge in [-0.1, -0.05) is 6.07 Å². The van der Waals surface area contributed by atoms with Crippen molar-refractivity contribution < 1.29 is 4.74 Å². The second-order valence-electron chi connectivity index (χ2n) is 4.15. The molecule has 0 aliphatic heterocycles. The molecule has 0 saturated carbocycles. The number of halogens is 1. The minimum Gasteiger partial charge on any atom is -0.492 e. The molecule has 0 fully saturated rings. The van der Waals surface area contributed by atoms with Gasteiger partial charge in [-0.15, -0.1) is 0 Å². The van der Waals surface area contributed by atoms with Crippen molar-refractivity contribution in [3.05, 3.63) is 52.5 Å². The lowest BCUT2D eigenvalue weighted by atomic mass is 10.2. The summed E-state index contributed by atoms with van der Waals surface area (Å²) < 4.78 is 6.44. The fraction of sp³-hybridized carbons (Fsp3) is 0.133. The summed E-state index contributed by atoms with van der Waals surface area (Å²) in [5, 5.41) is 12.0. The largest absolute Gasteiger partial charge is 0.492 e. The fourth-order valence-electron chi connectivity index (χ4n) is 1.69. The Morgan fingerprint density at radius 2 is 2.10 bits per heavy atom. The van der Waals surface area contributed by atoms with E-state index in [0.29, 0.717) is 24.4 Å². The molecule has 3 N–H and O–H groups in total. The van der Waals surface area contributed by atoms with Crippen molar-refractivity contribution >= 4 is 27.3 Å². The van der Waals surface area contributed by atoms with E-state index in [-0.39, 0.29) is 0 Å². The predicted molar refractivity (Wildman–Crippen MR) is 83.7 cm³/mol. The maximum atomic E-state index is 8.79. The normalized spacial score (nSPS) is 9.80. The van der Waals surface area contributed by atoms with E-state index in [4.69, 9.17) is 15.7 Å². The molecule has 2 aromatic carbocycles. The van der Waals surface area contributed by atoms with Crippen LogP contribution in [-0.2, 0) is 0 Å². The minimum atomic E-state index is 0.524. The van der Waals surface area contributed by atoms with Gasteiger partial charge in [0.05, 0.1) is 11.6 Å². The van der Waals surface area contributed by atoms with E-state index in [1.807, 2.05) is 24.3 Å². The highest BCUT2D eigenvalue weighted by molar-refractivity contribution is 9.10. The first kappa shape index (κ1) is 14.2. The highest BCUT2D eigenvalue weighted by Gasteiger charge is 2.01. The summed E-state index contributed by atoms with van der Waals surface area (Å²) in [5.41, 5.74) is 7.91. The Morgan fingerprint density at radius 3 is 2.80 bits per heavy atom. The zero-order valence-corrected chi connectivity index (χ0v) is 12.4. The Balaban J connectivity index is 1.83. The number of nitrogens with one attached hydrogen (secondary N) is 1. The number of benzene rings is 2. The average molecular weight is 332 g/mol. The Bertz CT molecular complexity index is 637. The zero-order valence-electron chi connectivity index (χ0n) is 10.8. The topological polar surface area (TPSA) is 71.1 Å². The monoisotopic (exact) mass is 331 g/mol. The van der Waals surface area contributed by atoms with Crippen LogP contribution < -0.4 is 15.8 Å². The molecule has 0 spiro atoms. The van der Waals surface area contributed by atoms with Crippen molar-refractivity contribution in [2.24, 2.45) is 0 Å². The standard InChI is InChI=1S/C15H14BrN3O/c16-14-8-11(10-17)4-5-15(14)19-6-7-20-13-3-1-2-12(18)9-13/h1-5,8-9,19H,6-7,18H2. The number of hydrogen-bond donors (Lipinski definition) is 2. The Hall–Kier alpha value is -2.19. The van der Waals surface area contributed by atoms with Gasteiger partial charge in [0, 0.05) is 28.5 Å². The van der Waals surface area contributed by atoms with E-state index in [1.54, 1.807) is 18.2 Å². The van der Waals surface area contributed by atoms with Crippen LogP contribution >= 0.6 is 15.9 Å². The van der Waals surface area contributed by atoms with Crippen LogP contribution in [0.25, 0.3) is 0 Å². The highest BCUT2D eigenvalue weighted by atomic mass is 79.9. The maximum absolute atomic E-state index is 8.79. The molecule has 2 aromatic rings. The van der Waals surface area contributed by atoms with Gasteiger partial charge >= 0.3 is 0 Å². The number of ether oxygens (including phenoxy) is 1. The minimum absolute atomic E-state index is 0.524. The number of anilines is 2. The molecule has 0 unspecified atom stereocenters. The maximum Gasteiger partial charge on any atom is 0.121 e. The zero-order chi connectivity index (χ0) is 14.4. The van der Waals surface area contributed by atoms with Gasteiger partial charge in [0.25, 0.3) is 0 Å².